The molecule has 0 aliphatic carbocycles. The molecule has 0 bridgehead atoms. The average molecular weight is 326 g/mol. The minimum atomic E-state index is -0.0128. The molecule has 0 saturated heterocycles. The molecule has 24 heavy (non-hydrogen) atoms. The molecular weight excluding hydrogens is 300 g/mol. The van der Waals surface area contributed by atoms with Crippen LogP contribution in [0.5, 0.6) is 0 Å². The van der Waals surface area contributed by atoms with E-state index in [-0.39, 0.29) is 5.91 Å². The first-order chi connectivity index (χ1) is 11.5. The summed E-state index contributed by atoms with van der Waals surface area (Å²) in [5.41, 5.74) is 2.70. The number of anilines is 2. The summed E-state index contributed by atoms with van der Waals surface area (Å²) in [6.07, 6.45) is 1.68. The number of pyridine rings is 1. The predicted molar refractivity (Wildman–Crippen MR) is 99.8 cm³/mol. The van der Waals surface area contributed by atoms with Crippen LogP contribution in [0.1, 0.15) is 22.8 Å². The predicted octanol–water partition coefficient (Wildman–Crippen LogP) is 3.03. The van der Waals surface area contributed by atoms with E-state index in [0.29, 0.717) is 12.1 Å². The molecule has 0 atom stereocenters. The van der Waals surface area contributed by atoms with Crippen LogP contribution in [0.25, 0.3) is 0 Å². The van der Waals surface area contributed by atoms with Gasteiger partial charge in [-0.2, -0.15) is 0 Å². The Morgan fingerprint density at radius 2 is 2.00 bits per heavy atom. The van der Waals surface area contributed by atoms with Crippen molar-refractivity contribution in [2.45, 2.75) is 13.8 Å². The van der Waals surface area contributed by atoms with Crippen molar-refractivity contribution < 1.29 is 4.79 Å². The Labute approximate surface area is 144 Å². The minimum absolute atomic E-state index is 0.0128. The largest absolute Gasteiger partial charge is 0.369 e. The molecule has 0 unspecified atom stereocenters. The smallest absolute Gasteiger partial charge is 0.258 e. The van der Waals surface area contributed by atoms with Gasteiger partial charge in [-0.1, -0.05) is 12.1 Å². The fourth-order valence-corrected chi connectivity index (χ4v) is 2.46. The van der Waals surface area contributed by atoms with E-state index in [4.69, 9.17) is 0 Å². The normalized spacial score (nSPS) is 10.7. The number of rotatable bonds is 7. The summed E-state index contributed by atoms with van der Waals surface area (Å²) >= 11 is 0. The van der Waals surface area contributed by atoms with Gasteiger partial charge in [0.25, 0.3) is 5.91 Å². The molecule has 2 aromatic rings. The maximum atomic E-state index is 12.9. The summed E-state index contributed by atoms with van der Waals surface area (Å²) in [6, 6.07) is 11.6. The quantitative estimate of drug-likeness (QED) is 0.850. The number of aromatic nitrogens is 1. The fraction of sp³-hybridized carbons (Fsp3) is 0.368. The fourth-order valence-electron chi connectivity index (χ4n) is 2.46. The number of carbonyl (C=O) groups excluding carboxylic acids is 1. The second-order valence-corrected chi connectivity index (χ2v) is 6.05. The Morgan fingerprint density at radius 1 is 1.21 bits per heavy atom. The Hall–Kier alpha value is -2.40. The van der Waals surface area contributed by atoms with Crippen molar-refractivity contribution >= 4 is 17.4 Å². The van der Waals surface area contributed by atoms with Crippen LogP contribution in [0.2, 0.25) is 0 Å². The van der Waals surface area contributed by atoms with Gasteiger partial charge in [-0.3, -0.25) is 4.79 Å². The molecule has 1 N–H and O–H groups in total. The van der Waals surface area contributed by atoms with Gasteiger partial charge in [0.2, 0.25) is 0 Å². The summed E-state index contributed by atoms with van der Waals surface area (Å²) in [6.45, 7) is 6.32. The molecular formula is C19H26N4O. The molecule has 5 nitrogen and oxygen atoms in total. The van der Waals surface area contributed by atoms with Crippen LogP contribution in [-0.4, -0.2) is 49.5 Å². The summed E-state index contributed by atoms with van der Waals surface area (Å²) in [5, 5.41) is 3.25. The maximum Gasteiger partial charge on any atom is 0.258 e. The van der Waals surface area contributed by atoms with Crippen LogP contribution in [0.4, 0.5) is 11.5 Å². The zero-order valence-corrected chi connectivity index (χ0v) is 14.9. The van der Waals surface area contributed by atoms with E-state index in [1.165, 1.54) is 0 Å². The summed E-state index contributed by atoms with van der Waals surface area (Å²) in [4.78, 5) is 21.1. The Bertz CT molecular complexity index is 685. The first kappa shape index (κ1) is 17.9. The molecule has 0 saturated carbocycles. The van der Waals surface area contributed by atoms with Gasteiger partial charge >= 0.3 is 0 Å². The second kappa shape index (κ2) is 8.45. The number of aryl methyl sites for hydroxylation is 1. The van der Waals surface area contributed by atoms with E-state index in [1.807, 2.05) is 58.3 Å². The van der Waals surface area contributed by atoms with Crippen LogP contribution >= 0.6 is 0 Å². The van der Waals surface area contributed by atoms with E-state index in [2.05, 4.69) is 15.2 Å². The zero-order chi connectivity index (χ0) is 17.5. The van der Waals surface area contributed by atoms with Crippen molar-refractivity contribution in [2.75, 3.05) is 43.9 Å². The van der Waals surface area contributed by atoms with Crippen molar-refractivity contribution in [3.8, 4) is 0 Å². The number of hydrogen-bond donors (Lipinski definition) is 1. The summed E-state index contributed by atoms with van der Waals surface area (Å²) in [7, 11) is 4.05. The molecule has 128 valence electrons. The second-order valence-electron chi connectivity index (χ2n) is 6.05. The van der Waals surface area contributed by atoms with Crippen LogP contribution in [0.15, 0.2) is 42.6 Å². The van der Waals surface area contributed by atoms with Gasteiger partial charge in [0, 0.05) is 37.1 Å². The van der Waals surface area contributed by atoms with E-state index < -0.39 is 0 Å². The first-order valence-corrected chi connectivity index (χ1v) is 8.24. The number of likely N-dealkylation sites (N-methyl/N-ethyl adjacent to an activating group) is 1. The van der Waals surface area contributed by atoms with Gasteiger partial charge in [0.1, 0.15) is 5.82 Å². The van der Waals surface area contributed by atoms with Crippen molar-refractivity contribution in [3.63, 3.8) is 0 Å². The summed E-state index contributed by atoms with van der Waals surface area (Å²) < 4.78 is 0. The lowest BCUT2D eigenvalue weighted by Crippen LogP contribution is -2.30. The molecule has 0 spiro atoms. The topological polar surface area (TPSA) is 48.5 Å². The standard InChI is InChI=1S/C19H26N4O/c1-5-23(17-8-6-7-15(2)13-17)19(24)16-9-10-20-18(14-16)21-11-12-22(3)4/h6-10,13-14H,5,11-12H2,1-4H3,(H,20,21). The van der Waals surface area contributed by atoms with E-state index in [9.17, 15) is 4.79 Å². The molecule has 1 heterocycles. The minimum Gasteiger partial charge on any atom is -0.369 e. The van der Waals surface area contributed by atoms with Crippen LogP contribution in [-0.2, 0) is 0 Å². The number of hydrogen-bond acceptors (Lipinski definition) is 4. The lowest BCUT2D eigenvalue weighted by molar-refractivity contribution is 0.0988. The van der Waals surface area contributed by atoms with Crippen LogP contribution in [0, 0.1) is 6.92 Å². The number of nitrogens with zero attached hydrogens (tertiary/aromatic N) is 3. The molecule has 5 heteroatoms. The zero-order valence-electron chi connectivity index (χ0n) is 14.9. The number of amides is 1. The van der Waals surface area contributed by atoms with E-state index >= 15 is 0 Å². The molecule has 1 aromatic heterocycles. The van der Waals surface area contributed by atoms with Crippen LogP contribution in [0.3, 0.4) is 0 Å². The SMILES string of the molecule is CCN(C(=O)c1ccnc(NCCN(C)C)c1)c1cccc(C)c1. The highest BCUT2D eigenvalue weighted by Crippen LogP contribution is 2.19. The van der Waals surface area contributed by atoms with Gasteiger partial charge in [-0.25, -0.2) is 4.98 Å². The highest BCUT2D eigenvalue weighted by Gasteiger charge is 2.16. The summed E-state index contributed by atoms with van der Waals surface area (Å²) in [5.74, 6) is 0.712. The molecule has 1 aromatic carbocycles. The highest BCUT2D eigenvalue weighted by molar-refractivity contribution is 6.06. The third kappa shape index (κ3) is 4.80. The Kier molecular flexibility index (Phi) is 6.32. The Balaban J connectivity index is 2.15. The van der Waals surface area contributed by atoms with Crippen molar-refractivity contribution in [1.82, 2.24) is 9.88 Å². The van der Waals surface area contributed by atoms with Gasteiger partial charge in [-0.15, -0.1) is 0 Å². The number of nitrogens with one attached hydrogen (secondary N) is 1. The third-order valence-corrected chi connectivity index (χ3v) is 3.75. The van der Waals surface area contributed by atoms with Crippen molar-refractivity contribution in [1.29, 1.82) is 0 Å². The molecule has 1 amide bonds. The van der Waals surface area contributed by atoms with Gasteiger partial charge in [-0.05, 0) is 57.8 Å². The Morgan fingerprint density at radius 3 is 2.67 bits per heavy atom. The van der Waals surface area contributed by atoms with Crippen LogP contribution < -0.4 is 10.2 Å². The number of carbonyl (C=O) groups is 1. The van der Waals surface area contributed by atoms with Gasteiger partial charge in [0.05, 0.1) is 0 Å². The highest BCUT2D eigenvalue weighted by atomic mass is 16.2. The van der Waals surface area contributed by atoms with E-state index in [0.717, 1.165) is 30.2 Å². The average Bonchev–Trinajstić information content (AvgIpc) is 2.55. The van der Waals surface area contributed by atoms with Crippen molar-refractivity contribution in [2.24, 2.45) is 0 Å². The third-order valence-electron chi connectivity index (χ3n) is 3.75. The molecule has 0 fully saturated rings. The lowest BCUT2D eigenvalue weighted by Gasteiger charge is -2.22. The molecule has 0 radical (unpaired) electrons. The number of benzene rings is 1. The first-order valence-electron chi connectivity index (χ1n) is 8.24. The molecule has 0 aliphatic heterocycles. The van der Waals surface area contributed by atoms with Crippen molar-refractivity contribution in [3.05, 3.63) is 53.7 Å². The monoisotopic (exact) mass is 326 g/mol. The molecule has 2 rings (SSSR count). The molecule has 0 aliphatic rings. The van der Waals surface area contributed by atoms with Gasteiger partial charge in [0.15, 0.2) is 0 Å². The van der Waals surface area contributed by atoms with Gasteiger partial charge < -0.3 is 15.1 Å². The maximum absolute atomic E-state index is 12.9. The van der Waals surface area contributed by atoms with E-state index in [1.54, 1.807) is 17.2 Å². The lowest BCUT2D eigenvalue weighted by atomic mass is 10.1.